The molecule has 2 atom stereocenters. The fraction of sp³-hybridized carbons (Fsp3) is 0.500. The third-order valence-corrected chi connectivity index (χ3v) is 5.64. The molecule has 0 amide bonds. The topological polar surface area (TPSA) is 21.7 Å². The van der Waals surface area contributed by atoms with Crippen LogP contribution in [0.3, 0.4) is 0 Å². The van der Waals surface area contributed by atoms with E-state index in [1.54, 1.807) is 0 Å². The Morgan fingerprint density at radius 2 is 1.55 bits per heavy atom. The van der Waals surface area contributed by atoms with Crippen LogP contribution in [0.1, 0.15) is 64.0 Å². The lowest BCUT2D eigenvalue weighted by atomic mass is 10.1. The summed E-state index contributed by atoms with van der Waals surface area (Å²) in [7, 11) is 0. The van der Waals surface area contributed by atoms with Gasteiger partial charge in [-0.1, -0.05) is 92.8 Å². The van der Waals surface area contributed by atoms with E-state index in [4.69, 9.17) is 9.47 Å². The SMILES string of the molecule is CCCCCCC#CC(C1COC(C)(C)O1)N(Cc1ccccc1)Cc1ccccc1. The van der Waals surface area contributed by atoms with E-state index in [0.29, 0.717) is 6.61 Å². The molecule has 1 aliphatic rings. The van der Waals surface area contributed by atoms with E-state index < -0.39 is 5.79 Å². The molecule has 2 unspecified atom stereocenters. The normalized spacial score (nSPS) is 18.5. The molecule has 0 radical (unpaired) electrons. The fourth-order valence-corrected chi connectivity index (χ4v) is 4.00. The Morgan fingerprint density at radius 1 is 0.935 bits per heavy atom. The average Bonchev–Trinajstić information content (AvgIpc) is 3.13. The first-order chi connectivity index (χ1) is 15.1. The quantitative estimate of drug-likeness (QED) is 0.339. The largest absolute Gasteiger partial charge is 0.348 e. The first-order valence-corrected chi connectivity index (χ1v) is 11.7. The second kappa shape index (κ2) is 12.1. The van der Waals surface area contributed by atoms with Crippen molar-refractivity contribution in [1.29, 1.82) is 0 Å². The number of hydrogen-bond acceptors (Lipinski definition) is 3. The van der Waals surface area contributed by atoms with Gasteiger partial charge in [0.25, 0.3) is 0 Å². The van der Waals surface area contributed by atoms with Gasteiger partial charge in [0.05, 0.1) is 6.61 Å². The lowest BCUT2D eigenvalue weighted by Crippen LogP contribution is -2.44. The Bertz CT molecular complexity index is 781. The molecule has 0 spiro atoms. The first kappa shape index (κ1) is 23.5. The molecule has 1 fully saturated rings. The number of benzene rings is 2. The van der Waals surface area contributed by atoms with Crippen molar-refractivity contribution in [2.24, 2.45) is 0 Å². The van der Waals surface area contributed by atoms with Crippen LogP contribution in [-0.4, -0.2) is 29.4 Å². The van der Waals surface area contributed by atoms with E-state index in [1.807, 2.05) is 13.8 Å². The van der Waals surface area contributed by atoms with Gasteiger partial charge in [-0.2, -0.15) is 0 Å². The molecule has 166 valence electrons. The molecule has 3 rings (SSSR count). The van der Waals surface area contributed by atoms with Crippen molar-refractivity contribution in [3.8, 4) is 11.8 Å². The van der Waals surface area contributed by atoms with Crippen molar-refractivity contribution in [3.63, 3.8) is 0 Å². The van der Waals surface area contributed by atoms with E-state index in [-0.39, 0.29) is 12.1 Å². The zero-order valence-electron chi connectivity index (χ0n) is 19.3. The van der Waals surface area contributed by atoms with E-state index >= 15 is 0 Å². The molecule has 3 heteroatoms. The second-order valence-electron chi connectivity index (χ2n) is 8.82. The van der Waals surface area contributed by atoms with Crippen molar-refractivity contribution in [2.45, 2.75) is 83.9 Å². The van der Waals surface area contributed by atoms with Gasteiger partial charge in [-0.25, -0.2) is 0 Å². The first-order valence-electron chi connectivity index (χ1n) is 11.7. The molecule has 0 bridgehead atoms. The van der Waals surface area contributed by atoms with Crippen molar-refractivity contribution >= 4 is 0 Å². The number of ether oxygens (including phenoxy) is 2. The minimum atomic E-state index is -0.559. The van der Waals surface area contributed by atoms with Gasteiger partial charge in [-0.3, -0.25) is 4.90 Å². The molecular weight excluding hydrogens is 382 g/mol. The monoisotopic (exact) mass is 419 g/mol. The zero-order chi connectivity index (χ0) is 21.9. The Morgan fingerprint density at radius 3 is 2.06 bits per heavy atom. The predicted octanol–water partition coefficient (Wildman–Crippen LogP) is 6.18. The summed E-state index contributed by atoms with van der Waals surface area (Å²) in [5.74, 6) is 6.50. The van der Waals surface area contributed by atoms with Crippen molar-refractivity contribution in [3.05, 3.63) is 71.8 Å². The summed E-state index contributed by atoms with van der Waals surface area (Å²) >= 11 is 0. The highest BCUT2D eigenvalue weighted by Gasteiger charge is 2.39. The van der Waals surface area contributed by atoms with Crippen molar-refractivity contribution < 1.29 is 9.47 Å². The summed E-state index contributed by atoms with van der Waals surface area (Å²) in [5, 5.41) is 0. The molecule has 0 N–H and O–H groups in total. The highest BCUT2D eigenvalue weighted by atomic mass is 16.7. The van der Waals surface area contributed by atoms with Gasteiger partial charge < -0.3 is 9.47 Å². The Kier molecular flexibility index (Phi) is 9.15. The van der Waals surface area contributed by atoms with E-state index in [9.17, 15) is 0 Å². The fourth-order valence-electron chi connectivity index (χ4n) is 4.00. The van der Waals surface area contributed by atoms with Crippen LogP contribution in [0.25, 0.3) is 0 Å². The van der Waals surface area contributed by atoms with Crippen LogP contribution in [0.2, 0.25) is 0 Å². The summed E-state index contributed by atoms with van der Waals surface area (Å²) in [5.41, 5.74) is 2.57. The second-order valence-corrected chi connectivity index (χ2v) is 8.82. The molecule has 0 aliphatic carbocycles. The van der Waals surface area contributed by atoms with E-state index in [0.717, 1.165) is 19.5 Å². The van der Waals surface area contributed by atoms with Crippen LogP contribution in [0, 0.1) is 11.8 Å². The smallest absolute Gasteiger partial charge is 0.163 e. The summed E-state index contributed by atoms with van der Waals surface area (Å²) in [6.07, 6.45) is 5.83. The minimum Gasteiger partial charge on any atom is -0.348 e. The molecule has 0 saturated carbocycles. The van der Waals surface area contributed by atoms with Gasteiger partial charge in [0.15, 0.2) is 5.79 Å². The highest BCUT2D eigenvalue weighted by molar-refractivity contribution is 5.20. The maximum atomic E-state index is 6.30. The number of nitrogens with zero attached hydrogens (tertiary/aromatic N) is 1. The number of rotatable bonds is 10. The third kappa shape index (κ3) is 7.82. The van der Waals surface area contributed by atoms with Crippen LogP contribution in [0.5, 0.6) is 0 Å². The van der Waals surface area contributed by atoms with Crippen LogP contribution < -0.4 is 0 Å². The van der Waals surface area contributed by atoms with E-state index in [2.05, 4.69) is 84.3 Å². The molecule has 31 heavy (non-hydrogen) atoms. The number of unbranched alkanes of at least 4 members (excludes halogenated alkanes) is 4. The summed E-state index contributed by atoms with van der Waals surface area (Å²) in [6.45, 7) is 8.44. The van der Waals surface area contributed by atoms with Gasteiger partial charge in [0.2, 0.25) is 0 Å². The Balaban J connectivity index is 1.82. The third-order valence-electron chi connectivity index (χ3n) is 5.64. The number of hydrogen-bond donors (Lipinski definition) is 0. The van der Waals surface area contributed by atoms with Crippen LogP contribution in [0.15, 0.2) is 60.7 Å². The van der Waals surface area contributed by atoms with Gasteiger partial charge in [-0.05, 0) is 31.4 Å². The Hall–Kier alpha value is -2.12. The average molecular weight is 420 g/mol. The van der Waals surface area contributed by atoms with Crippen LogP contribution in [-0.2, 0) is 22.6 Å². The molecule has 1 saturated heterocycles. The summed E-state index contributed by atoms with van der Waals surface area (Å²) < 4.78 is 12.2. The van der Waals surface area contributed by atoms with Gasteiger partial charge in [0.1, 0.15) is 12.1 Å². The van der Waals surface area contributed by atoms with E-state index in [1.165, 1.54) is 36.8 Å². The molecule has 1 heterocycles. The summed E-state index contributed by atoms with van der Waals surface area (Å²) in [6, 6.07) is 21.2. The zero-order valence-corrected chi connectivity index (χ0v) is 19.3. The lowest BCUT2D eigenvalue weighted by Gasteiger charge is -2.32. The minimum absolute atomic E-state index is 0.0200. The lowest BCUT2D eigenvalue weighted by molar-refractivity contribution is -0.144. The standard InChI is InChI=1S/C28H37NO2/c1-4-5-6-7-8-15-20-26(27-23-30-28(2,3)31-27)29(21-24-16-11-9-12-17-24)22-25-18-13-10-14-19-25/h9-14,16-19,26-27H,4-8,21-23H2,1-3H3. The maximum Gasteiger partial charge on any atom is 0.163 e. The van der Waals surface area contributed by atoms with Crippen LogP contribution in [0.4, 0.5) is 0 Å². The molecule has 1 aliphatic heterocycles. The molecular formula is C28H37NO2. The molecule has 0 aromatic heterocycles. The van der Waals surface area contributed by atoms with Crippen molar-refractivity contribution in [1.82, 2.24) is 4.90 Å². The maximum absolute atomic E-state index is 6.30. The van der Waals surface area contributed by atoms with Crippen molar-refractivity contribution in [2.75, 3.05) is 6.61 Å². The highest BCUT2D eigenvalue weighted by Crippen LogP contribution is 2.27. The molecule has 2 aromatic carbocycles. The Labute approximate surface area is 188 Å². The van der Waals surface area contributed by atoms with Crippen LogP contribution >= 0.6 is 0 Å². The predicted molar refractivity (Wildman–Crippen MR) is 127 cm³/mol. The van der Waals surface area contributed by atoms with Gasteiger partial charge in [-0.15, -0.1) is 5.92 Å². The van der Waals surface area contributed by atoms with Gasteiger partial charge in [0, 0.05) is 19.5 Å². The summed E-state index contributed by atoms with van der Waals surface area (Å²) in [4.78, 5) is 2.44. The molecule has 2 aromatic rings. The van der Waals surface area contributed by atoms with Gasteiger partial charge >= 0.3 is 0 Å². The molecule has 3 nitrogen and oxygen atoms in total.